The smallest absolute Gasteiger partial charge is 0.256 e. The second-order valence-corrected chi connectivity index (χ2v) is 5.29. The van der Waals surface area contributed by atoms with E-state index in [1.54, 1.807) is 19.4 Å². The summed E-state index contributed by atoms with van der Waals surface area (Å²) in [5.74, 6) is 0.330. The number of carbonyl (C=O) groups is 1. The van der Waals surface area contributed by atoms with Gasteiger partial charge in [-0.1, -0.05) is 0 Å². The van der Waals surface area contributed by atoms with E-state index < -0.39 is 0 Å². The molecule has 1 aliphatic carbocycles. The fraction of sp³-hybridized carbons (Fsp3) is 0.375. The monoisotopic (exact) mass is 286 g/mol. The molecule has 2 aromatic rings. The Bertz CT molecular complexity index is 760. The highest BCUT2D eigenvalue weighted by Gasteiger charge is 2.25. The third-order valence-electron chi connectivity index (χ3n) is 3.79. The number of nitrogens with zero attached hydrogens (tertiary/aromatic N) is 1. The number of amides is 1. The largest absolute Gasteiger partial charge is 0.497 e. The number of pyridine rings is 1. The lowest BCUT2D eigenvalue weighted by Crippen LogP contribution is -2.31. The van der Waals surface area contributed by atoms with Gasteiger partial charge in [0, 0.05) is 18.8 Å². The molecule has 1 aliphatic rings. The number of fused-ring (bicyclic) bond motifs is 1. The summed E-state index contributed by atoms with van der Waals surface area (Å²) in [6.07, 6.45) is 3.64. The number of methoxy groups -OCH3 is 1. The van der Waals surface area contributed by atoms with E-state index in [0.29, 0.717) is 17.7 Å². The summed E-state index contributed by atoms with van der Waals surface area (Å²) in [4.78, 5) is 24.8. The highest BCUT2D eigenvalue weighted by Crippen LogP contribution is 2.21. The van der Waals surface area contributed by atoms with Gasteiger partial charge in [0.25, 0.3) is 5.91 Å². The first-order chi connectivity index (χ1) is 10.1. The average Bonchev–Trinajstić information content (AvgIpc) is 3.31. The molecule has 0 spiro atoms. The Balaban J connectivity index is 2.17. The molecular formula is C16H18N2O3. The topological polar surface area (TPSA) is 60.3 Å². The van der Waals surface area contributed by atoms with Gasteiger partial charge in [-0.15, -0.1) is 0 Å². The molecular weight excluding hydrogens is 268 g/mol. The van der Waals surface area contributed by atoms with Crippen LogP contribution in [0.25, 0.3) is 10.9 Å². The van der Waals surface area contributed by atoms with Crippen LogP contribution in [0.15, 0.2) is 29.2 Å². The number of hydrogen-bond acceptors (Lipinski definition) is 3. The molecule has 1 heterocycles. The number of aryl methyl sites for hydroxylation is 1. The van der Waals surface area contributed by atoms with Gasteiger partial charge in [0.2, 0.25) is 5.43 Å². The molecule has 5 heteroatoms. The number of benzene rings is 1. The highest BCUT2D eigenvalue weighted by molar-refractivity contribution is 5.97. The Morgan fingerprint density at radius 1 is 1.43 bits per heavy atom. The van der Waals surface area contributed by atoms with Crippen molar-refractivity contribution < 1.29 is 9.53 Å². The summed E-state index contributed by atoms with van der Waals surface area (Å²) in [6, 6.07) is 5.59. The lowest BCUT2D eigenvalue weighted by atomic mass is 10.1. The number of hydrogen-bond donors (Lipinski definition) is 1. The molecule has 0 unspecified atom stereocenters. The van der Waals surface area contributed by atoms with Crippen molar-refractivity contribution in [2.24, 2.45) is 0 Å². The number of nitrogens with one attached hydrogen (secondary N) is 1. The SMILES string of the molecule is CCn1cc(C(=O)NC2CC2)c(=O)c2cc(OC)ccc21. The number of rotatable bonds is 4. The summed E-state index contributed by atoms with van der Waals surface area (Å²) in [5, 5.41) is 3.39. The Hall–Kier alpha value is -2.30. The van der Waals surface area contributed by atoms with E-state index in [4.69, 9.17) is 4.74 Å². The van der Waals surface area contributed by atoms with Crippen molar-refractivity contribution in [2.75, 3.05) is 7.11 Å². The van der Waals surface area contributed by atoms with Crippen LogP contribution in [0.4, 0.5) is 0 Å². The van der Waals surface area contributed by atoms with Gasteiger partial charge in [0.1, 0.15) is 11.3 Å². The molecule has 5 nitrogen and oxygen atoms in total. The van der Waals surface area contributed by atoms with Gasteiger partial charge in [-0.05, 0) is 38.0 Å². The predicted octanol–water partition coefficient (Wildman–Crippen LogP) is 1.92. The van der Waals surface area contributed by atoms with E-state index in [0.717, 1.165) is 18.4 Å². The van der Waals surface area contributed by atoms with E-state index in [2.05, 4.69) is 5.32 Å². The van der Waals surface area contributed by atoms with Gasteiger partial charge in [-0.3, -0.25) is 9.59 Å². The molecule has 1 aromatic carbocycles. The predicted molar refractivity (Wildman–Crippen MR) is 80.9 cm³/mol. The van der Waals surface area contributed by atoms with E-state index in [1.165, 1.54) is 0 Å². The van der Waals surface area contributed by atoms with Gasteiger partial charge in [-0.2, -0.15) is 0 Å². The Morgan fingerprint density at radius 3 is 2.81 bits per heavy atom. The lowest BCUT2D eigenvalue weighted by molar-refractivity contribution is 0.0949. The molecule has 1 aromatic heterocycles. The maximum Gasteiger partial charge on any atom is 0.256 e. The molecule has 0 bridgehead atoms. The van der Waals surface area contributed by atoms with Crippen molar-refractivity contribution in [3.63, 3.8) is 0 Å². The van der Waals surface area contributed by atoms with Crippen molar-refractivity contribution in [3.8, 4) is 5.75 Å². The number of aromatic nitrogens is 1. The molecule has 1 N–H and O–H groups in total. The fourth-order valence-corrected chi connectivity index (χ4v) is 2.42. The van der Waals surface area contributed by atoms with Crippen LogP contribution < -0.4 is 15.5 Å². The van der Waals surface area contributed by atoms with Crippen LogP contribution in [-0.4, -0.2) is 23.6 Å². The van der Waals surface area contributed by atoms with Crippen LogP contribution >= 0.6 is 0 Å². The summed E-state index contributed by atoms with van der Waals surface area (Å²) in [6.45, 7) is 2.67. The third kappa shape index (κ3) is 2.51. The van der Waals surface area contributed by atoms with Gasteiger partial charge < -0.3 is 14.6 Å². The van der Waals surface area contributed by atoms with E-state index in [9.17, 15) is 9.59 Å². The molecule has 0 radical (unpaired) electrons. The summed E-state index contributed by atoms with van der Waals surface area (Å²) in [5.41, 5.74) is 0.766. The van der Waals surface area contributed by atoms with Gasteiger partial charge in [-0.25, -0.2) is 0 Å². The van der Waals surface area contributed by atoms with Crippen molar-refractivity contribution in [3.05, 3.63) is 40.2 Å². The minimum absolute atomic E-state index is 0.199. The Labute approximate surface area is 122 Å². The third-order valence-corrected chi connectivity index (χ3v) is 3.79. The minimum atomic E-state index is -0.283. The summed E-state index contributed by atoms with van der Waals surface area (Å²) >= 11 is 0. The first-order valence-electron chi connectivity index (χ1n) is 7.16. The zero-order valence-electron chi connectivity index (χ0n) is 12.2. The molecule has 1 fully saturated rings. The van der Waals surface area contributed by atoms with E-state index >= 15 is 0 Å². The van der Waals surface area contributed by atoms with Crippen LogP contribution in [0.3, 0.4) is 0 Å². The van der Waals surface area contributed by atoms with Gasteiger partial charge >= 0.3 is 0 Å². The van der Waals surface area contributed by atoms with Crippen LogP contribution in [-0.2, 0) is 6.54 Å². The Morgan fingerprint density at radius 2 is 2.19 bits per heavy atom. The van der Waals surface area contributed by atoms with Crippen molar-refractivity contribution in [1.82, 2.24) is 9.88 Å². The first-order valence-corrected chi connectivity index (χ1v) is 7.16. The zero-order valence-corrected chi connectivity index (χ0v) is 12.2. The number of carbonyl (C=O) groups excluding carboxylic acids is 1. The summed E-state index contributed by atoms with van der Waals surface area (Å²) in [7, 11) is 1.56. The average molecular weight is 286 g/mol. The van der Waals surface area contributed by atoms with E-state index in [-0.39, 0.29) is 22.9 Å². The zero-order chi connectivity index (χ0) is 15.0. The second-order valence-electron chi connectivity index (χ2n) is 5.29. The molecule has 1 saturated carbocycles. The lowest BCUT2D eigenvalue weighted by Gasteiger charge is -2.12. The minimum Gasteiger partial charge on any atom is -0.497 e. The molecule has 3 rings (SSSR count). The maximum absolute atomic E-state index is 12.6. The van der Waals surface area contributed by atoms with Crippen molar-refractivity contribution in [1.29, 1.82) is 0 Å². The van der Waals surface area contributed by atoms with Crippen molar-refractivity contribution >= 4 is 16.8 Å². The van der Waals surface area contributed by atoms with Crippen LogP contribution in [0.1, 0.15) is 30.1 Å². The highest BCUT2D eigenvalue weighted by atomic mass is 16.5. The molecule has 0 atom stereocenters. The molecule has 0 saturated heterocycles. The van der Waals surface area contributed by atoms with Gasteiger partial charge in [0.15, 0.2) is 0 Å². The molecule has 1 amide bonds. The number of ether oxygens (including phenoxy) is 1. The Kier molecular flexibility index (Phi) is 3.41. The standard InChI is InChI=1S/C16H18N2O3/c1-3-18-9-13(16(20)17-10-4-5-10)15(19)12-8-11(21-2)6-7-14(12)18/h6-10H,3-5H2,1-2H3,(H,17,20). The van der Waals surface area contributed by atoms with Crippen LogP contribution in [0, 0.1) is 0 Å². The second kappa shape index (κ2) is 5.24. The van der Waals surface area contributed by atoms with Crippen LogP contribution in [0.2, 0.25) is 0 Å². The fourth-order valence-electron chi connectivity index (χ4n) is 2.42. The van der Waals surface area contributed by atoms with E-state index in [1.807, 2.05) is 23.6 Å². The van der Waals surface area contributed by atoms with Gasteiger partial charge in [0.05, 0.1) is 18.0 Å². The van der Waals surface area contributed by atoms with Crippen LogP contribution in [0.5, 0.6) is 5.75 Å². The molecule has 0 aliphatic heterocycles. The molecule has 110 valence electrons. The quantitative estimate of drug-likeness (QED) is 0.934. The maximum atomic E-state index is 12.6. The normalized spacial score (nSPS) is 14.2. The summed E-state index contributed by atoms with van der Waals surface area (Å²) < 4.78 is 7.09. The molecule has 21 heavy (non-hydrogen) atoms. The first kappa shape index (κ1) is 13.7. The van der Waals surface area contributed by atoms with Crippen molar-refractivity contribution in [2.45, 2.75) is 32.4 Å².